The van der Waals surface area contributed by atoms with Crippen molar-refractivity contribution in [2.45, 2.75) is 45.9 Å². The highest BCUT2D eigenvalue weighted by molar-refractivity contribution is 7.18. The number of nitrogens with one attached hydrogen (secondary N) is 3. The summed E-state index contributed by atoms with van der Waals surface area (Å²) >= 11 is 1.36. The van der Waals surface area contributed by atoms with Gasteiger partial charge in [0.05, 0.1) is 17.6 Å². The molecule has 5 rings (SSSR count). The number of fused-ring (bicyclic) bond motifs is 4. The van der Waals surface area contributed by atoms with Crippen LogP contribution in [0.5, 0.6) is 5.75 Å². The number of aromatic amines is 1. The zero-order chi connectivity index (χ0) is 25.6. The molecule has 0 aliphatic carbocycles. The molecule has 1 aromatic carbocycles. The molecule has 3 amide bonds. The van der Waals surface area contributed by atoms with Crippen LogP contribution in [0.25, 0.3) is 10.2 Å². The molecule has 0 bridgehead atoms. The van der Waals surface area contributed by atoms with Gasteiger partial charge in [-0.1, -0.05) is 6.07 Å². The number of amides is 3. The Balaban J connectivity index is 1.32. The lowest BCUT2D eigenvalue weighted by Gasteiger charge is -2.30. The van der Waals surface area contributed by atoms with Crippen LogP contribution in [0, 0.1) is 0 Å². The third-order valence-corrected chi connectivity index (χ3v) is 6.88. The molecular formula is C24H25N5O6S. The normalized spacial score (nSPS) is 15.0. The van der Waals surface area contributed by atoms with Crippen LogP contribution in [0.2, 0.25) is 0 Å². The minimum Gasteiger partial charge on any atom is -0.482 e. The van der Waals surface area contributed by atoms with Gasteiger partial charge in [0.25, 0.3) is 17.4 Å². The van der Waals surface area contributed by atoms with Crippen molar-refractivity contribution in [1.82, 2.24) is 20.2 Å². The zero-order valence-corrected chi connectivity index (χ0v) is 20.8. The Morgan fingerprint density at radius 1 is 1.28 bits per heavy atom. The molecule has 0 fully saturated rings. The minimum atomic E-state index is -0.615. The SMILES string of the molecule is CC(C)(C)OC(=O)N1CCc2sc3nc(C(=O)NCc4ccc5c(c4)NC(=O)CO5)[nH]c(=O)c3c2C1. The number of thiophene rings is 1. The van der Waals surface area contributed by atoms with E-state index in [4.69, 9.17) is 9.47 Å². The second-order valence-electron chi connectivity index (χ2n) is 9.60. The maximum atomic E-state index is 13.0. The summed E-state index contributed by atoms with van der Waals surface area (Å²) in [5.41, 5.74) is 0.977. The van der Waals surface area contributed by atoms with E-state index in [1.165, 1.54) is 11.3 Å². The van der Waals surface area contributed by atoms with E-state index in [2.05, 4.69) is 20.6 Å². The zero-order valence-electron chi connectivity index (χ0n) is 20.0. The Bertz CT molecular complexity index is 1450. The maximum Gasteiger partial charge on any atom is 0.410 e. The van der Waals surface area contributed by atoms with Crippen LogP contribution >= 0.6 is 11.3 Å². The maximum absolute atomic E-state index is 13.0. The Morgan fingerprint density at radius 3 is 2.86 bits per heavy atom. The topological polar surface area (TPSA) is 143 Å². The number of hydrogen-bond donors (Lipinski definition) is 3. The fourth-order valence-corrected chi connectivity index (χ4v) is 5.25. The molecule has 4 heterocycles. The van der Waals surface area contributed by atoms with Crippen molar-refractivity contribution < 1.29 is 23.9 Å². The first kappa shape index (κ1) is 23.8. The standard InChI is InChI=1S/C24H25N5O6S/c1-24(2,3)35-23(33)29-7-6-16-13(10-29)18-20(31)27-19(28-22(18)36-16)21(32)25-9-12-4-5-15-14(8-12)26-17(30)11-34-15/h4-5,8H,6-7,9-11H2,1-3H3,(H,25,32)(H,26,30)(H,27,28,31). The summed E-state index contributed by atoms with van der Waals surface area (Å²) in [5, 5.41) is 5.86. The quantitative estimate of drug-likeness (QED) is 0.490. The van der Waals surface area contributed by atoms with E-state index in [0.717, 1.165) is 16.0 Å². The number of H-pyrrole nitrogens is 1. The lowest BCUT2D eigenvalue weighted by atomic mass is 10.1. The van der Waals surface area contributed by atoms with Crippen LogP contribution in [-0.2, 0) is 29.0 Å². The van der Waals surface area contributed by atoms with Gasteiger partial charge in [-0.2, -0.15) is 0 Å². The minimum absolute atomic E-state index is 0.0320. The summed E-state index contributed by atoms with van der Waals surface area (Å²) in [6.45, 7) is 6.27. The monoisotopic (exact) mass is 511 g/mol. The van der Waals surface area contributed by atoms with Gasteiger partial charge >= 0.3 is 6.09 Å². The molecule has 3 N–H and O–H groups in total. The lowest BCUT2D eigenvalue weighted by molar-refractivity contribution is -0.118. The second-order valence-corrected chi connectivity index (χ2v) is 10.7. The second kappa shape index (κ2) is 8.94. The van der Waals surface area contributed by atoms with Gasteiger partial charge in [0.15, 0.2) is 6.61 Å². The molecule has 3 aromatic rings. The molecule has 0 saturated heterocycles. The smallest absolute Gasteiger partial charge is 0.410 e. The number of rotatable bonds is 3. The largest absolute Gasteiger partial charge is 0.482 e. The molecule has 0 unspecified atom stereocenters. The molecular weight excluding hydrogens is 486 g/mol. The number of aromatic nitrogens is 2. The van der Waals surface area contributed by atoms with E-state index in [-0.39, 0.29) is 31.4 Å². The van der Waals surface area contributed by atoms with Crippen molar-refractivity contribution in [1.29, 1.82) is 0 Å². The number of nitrogens with zero attached hydrogens (tertiary/aromatic N) is 2. The number of carbonyl (C=O) groups is 3. The number of anilines is 1. The van der Waals surface area contributed by atoms with Crippen molar-refractivity contribution in [3.8, 4) is 5.75 Å². The summed E-state index contributed by atoms with van der Waals surface area (Å²) in [6, 6.07) is 5.22. The fraction of sp³-hybridized carbons (Fsp3) is 0.375. The van der Waals surface area contributed by atoms with E-state index in [9.17, 15) is 19.2 Å². The Hall–Kier alpha value is -3.93. The van der Waals surface area contributed by atoms with Crippen LogP contribution < -0.4 is 20.9 Å². The molecule has 0 radical (unpaired) electrons. The average molecular weight is 512 g/mol. The van der Waals surface area contributed by atoms with E-state index in [1.54, 1.807) is 43.9 Å². The van der Waals surface area contributed by atoms with Gasteiger partial charge in [0, 0.05) is 23.5 Å². The van der Waals surface area contributed by atoms with Crippen LogP contribution in [0.1, 0.15) is 47.4 Å². The molecule has 11 nitrogen and oxygen atoms in total. The van der Waals surface area contributed by atoms with Crippen LogP contribution in [0.15, 0.2) is 23.0 Å². The fourth-order valence-electron chi connectivity index (χ4n) is 4.08. The average Bonchev–Trinajstić information content (AvgIpc) is 3.19. The van der Waals surface area contributed by atoms with Crippen molar-refractivity contribution in [3.63, 3.8) is 0 Å². The molecule has 188 valence electrons. The number of benzene rings is 1. The van der Waals surface area contributed by atoms with Gasteiger partial charge in [-0.05, 0) is 44.9 Å². The molecule has 0 atom stereocenters. The van der Waals surface area contributed by atoms with E-state index < -0.39 is 23.2 Å². The van der Waals surface area contributed by atoms with Crippen LogP contribution in [0.3, 0.4) is 0 Å². The summed E-state index contributed by atoms with van der Waals surface area (Å²) < 4.78 is 10.8. The van der Waals surface area contributed by atoms with Gasteiger partial charge in [0.1, 0.15) is 16.2 Å². The highest BCUT2D eigenvalue weighted by Gasteiger charge is 2.29. The van der Waals surface area contributed by atoms with Gasteiger partial charge in [-0.3, -0.25) is 14.4 Å². The number of carbonyl (C=O) groups excluding carboxylic acids is 3. The Kier molecular flexibility index (Phi) is 5.91. The van der Waals surface area contributed by atoms with Crippen molar-refractivity contribution in [2.24, 2.45) is 0 Å². The van der Waals surface area contributed by atoms with Gasteiger partial charge < -0.3 is 30.0 Å². The summed E-state index contributed by atoms with van der Waals surface area (Å²) in [4.78, 5) is 59.8. The molecule has 0 spiro atoms. The summed E-state index contributed by atoms with van der Waals surface area (Å²) in [5.74, 6) is -0.307. The number of ether oxygens (including phenoxy) is 2. The first-order valence-electron chi connectivity index (χ1n) is 11.4. The van der Waals surface area contributed by atoms with Crippen molar-refractivity contribution in [3.05, 3.63) is 50.4 Å². The lowest BCUT2D eigenvalue weighted by Crippen LogP contribution is -2.39. The van der Waals surface area contributed by atoms with Crippen molar-refractivity contribution in [2.75, 3.05) is 18.5 Å². The molecule has 2 aliphatic rings. The highest BCUT2D eigenvalue weighted by atomic mass is 32.1. The predicted octanol–water partition coefficient (Wildman–Crippen LogP) is 2.54. The third-order valence-electron chi connectivity index (χ3n) is 5.70. The van der Waals surface area contributed by atoms with Crippen LogP contribution in [0.4, 0.5) is 10.5 Å². The van der Waals surface area contributed by atoms with Gasteiger partial charge in [0.2, 0.25) is 5.82 Å². The number of hydrogen-bond acceptors (Lipinski definition) is 8. The first-order chi connectivity index (χ1) is 17.1. The van der Waals surface area contributed by atoms with E-state index in [0.29, 0.717) is 34.6 Å². The Labute approximate surface area is 209 Å². The molecule has 2 aliphatic heterocycles. The predicted molar refractivity (Wildman–Crippen MR) is 132 cm³/mol. The molecule has 2 aromatic heterocycles. The third kappa shape index (κ3) is 4.76. The molecule has 36 heavy (non-hydrogen) atoms. The highest BCUT2D eigenvalue weighted by Crippen LogP contribution is 2.33. The molecule has 12 heteroatoms. The summed E-state index contributed by atoms with van der Waals surface area (Å²) in [6.07, 6.45) is 0.149. The van der Waals surface area contributed by atoms with E-state index >= 15 is 0 Å². The van der Waals surface area contributed by atoms with Gasteiger partial charge in [-0.25, -0.2) is 9.78 Å². The summed E-state index contributed by atoms with van der Waals surface area (Å²) in [7, 11) is 0. The van der Waals surface area contributed by atoms with E-state index in [1.807, 2.05) is 0 Å². The van der Waals surface area contributed by atoms with Gasteiger partial charge in [-0.15, -0.1) is 11.3 Å². The van der Waals surface area contributed by atoms with Crippen LogP contribution in [-0.4, -0.2) is 51.5 Å². The molecule has 0 saturated carbocycles. The Morgan fingerprint density at radius 2 is 2.08 bits per heavy atom. The first-order valence-corrected chi connectivity index (χ1v) is 12.3. The van der Waals surface area contributed by atoms with Crippen molar-refractivity contribution >= 4 is 45.1 Å².